The fourth-order valence-electron chi connectivity index (χ4n) is 1.56. The van der Waals surface area contributed by atoms with Crippen molar-refractivity contribution in [2.75, 3.05) is 7.11 Å². The van der Waals surface area contributed by atoms with Crippen molar-refractivity contribution in [2.45, 2.75) is 24.5 Å². The van der Waals surface area contributed by atoms with Crippen LogP contribution in [-0.4, -0.2) is 24.4 Å². The highest BCUT2D eigenvalue weighted by Gasteiger charge is 2.35. The molecule has 1 aromatic rings. The molecule has 0 amide bonds. The number of nitrogens with zero attached hydrogens (tertiary/aromatic N) is 1. The lowest BCUT2D eigenvalue weighted by molar-refractivity contribution is -0.276. The van der Waals surface area contributed by atoms with Gasteiger partial charge in [-0.15, -0.1) is 13.2 Å². The Hall–Kier alpha value is -1.45. The number of hydrogen-bond acceptors (Lipinski definition) is 4. The van der Waals surface area contributed by atoms with Gasteiger partial charge in [-0.25, -0.2) is 13.8 Å². The second-order valence-electron chi connectivity index (χ2n) is 3.72. The predicted molar refractivity (Wildman–Crippen MR) is 64.2 cm³/mol. The van der Waals surface area contributed by atoms with E-state index in [1.165, 1.54) is 0 Å². The van der Waals surface area contributed by atoms with Crippen molar-refractivity contribution >= 4 is 21.9 Å². The molecule has 0 unspecified atom stereocenters. The molecule has 118 valence electrons. The Labute approximate surface area is 124 Å². The van der Waals surface area contributed by atoms with E-state index in [-0.39, 0.29) is 10.9 Å². The molecule has 1 heterocycles. The molecule has 0 aliphatic carbocycles. The molecular weight excluding hydrogens is 369 g/mol. The number of aromatic nitrogens is 1. The number of carbonyl (C=O) groups excluding carboxylic acids is 1. The smallest absolute Gasteiger partial charge is 0.469 e. The summed E-state index contributed by atoms with van der Waals surface area (Å²) in [7, 11) is 0.983. The van der Waals surface area contributed by atoms with E-state index in [2.05, 4.69) is 30.4 Å². The molecule has 0 atom stereocenters. The fourth-order valence-corrected chi connectivity index (χ4v) is 2.00. The summed E-state index contributed by atoms with van der Waals surface area (Å²) in [5.41, 5.74) is -1.42. The van der Waals surface area contributed by atoms with Gasteiger partial charge < -0.3 is 9.47 Å². The third kappa shape index (κ3) is 4.80. The zero-order valence-corrected chi connectivity index (χ0v) is 12.1. The molecule has 0 N–H and O–H groups in total. The number of rotatable bonds is 5. The van der Waals surface area contributed by atoms with Crippen LogP contribution in [0.2, 0.25) is 0 Å². The van der Waals surface area contributed by atoms with Gasteiger partial charge in [0, 0.05) is 22.7 Å². The van der Waals surface area contributed by atoms with Gasteiger partial charge in [0.15, 0.2) is 0 Å². The SMILES string of the molecule is COC(=O)Cc1c(OC(F)(F)F)ncc(CBr)c1C(F)F. The number of hydrogen-bond donors (Lipinski definition) is 0. The molecule has 0 aromatic carbocycles. The third-order valence-corrected chi connectivity index (χ3v) is 2.99. The Morgan fingerprint density at radius 1 is 1.43 bits per heavy atom. The number of alkyl halides is 6. The zero-order valence-electron chi connectivity index (χ0n) is 10.5. The van der Waals surface area contributed by atoms with E-state index in [4.69, 9.17) is 0 Å². The summed E-state index contributed by atoms with van der Waals surface area (Å²) in [6.45, 7) is 0. The Balaban J connectivity index is 3.42. The highest BCUT2D eigenvalue weighted by molar-refractivity contribution is 9.08. The third-order valence-electron chi connectivity index (χ3n) is 2.39. The van der Waals surface area contributed by atoms with Crippen molar-refractivity contribution in [3.05, 3.63) is 22.9 Å². The quantitative estimate of drug-likeness (QED) is 0.447. The summed E-state index contributed by atoms with van der Waals surface area (Å²) in [5.74, 6) is -2.08. The summed E-state index contributed by atoms with van der Waals surface area (Å²) in [6, 6.07) is 0. The molecule has 1 rings (SSSR count). The van der Waals surface area contributed by atoms with Crippen LogP contribution in [0.5, 0.6) is 5.88 Å². The molecule has 0 fully saturated rings. The lowest BCUT2D eigenvalue weighted by Gasteiger charge is -2.17. The normalized spacial score (nSPS) is 11.6. The maximum atomic E-state index is 13.1. The van der Waals surface area contributed by atoms with Crippen LogP contribution >= 0.6 is 15.9 Å². The van der Waals surface area contributed by atoms with Gasteiger partial charge in [-0.1, -0.05) is 15.9 Å². The minimum atomic E-state index is -5.12. The maximum Gasteiger partial charge on any atom is 0.574 e. The van der Waals surface area contributed by atoms with E-state index >= 15 is 0 Å². The molecule has 0 radical (unpaired) electrons. The lowest BCUT2D eigenvalue weighted by Crippen LogP contribution is -2.21. The summed E-state index contributed by atoms with van der Waals surface area (Å²) >= 11 is 2.93. The fraction of sp³-hybridized carbons (Fsp3) is 0.455. The molecule has 0 aliphatic heterocycles. The summed E-state index contributed by atoms with van der Waals surface area (Å²) < 4.78 is 70.9. The average molecular weight is 378 g/mol. The first kappa shape index (κ1) is 17.6. The molecule has 0 spiro atoms. The standard InChI is InChI=1S/C11H9BrF5NO3/c1-20-7(19)2-6-8(9(13)14)5(3-12)4-18-10(6)21-11(15,16)17/h4,9H,2-3H2,1H3. The first-order valence-electron chi connectivity index (χ1n) is 5.37. The summed E-state index contributed by atoms with van der Waals surface area (Å²) in [4.78, 5) is 14.6. The van der Waals surface area contributed by atoms with Crippen LogP contribution in [0.15, 0.2) is 6.20 Å². The molecule has 0 bridgehead atoms. The highest BCUT2D eigenvalue weighted by Crippen LogP contribution is 2.35. The van der Waals surface area contributed by atoms with Crippen molar-refractivity contribution in [2.24, 2.45) is 0 Å². The summed E-state index contributed by atoms with van der Waals surface area (Å²) in [6.07, 6.45) is -8.20. The average Bonchev–Trinajstić information content (AvgIpc) is 2.38. The molecule has 21 heavy (non-hydrogen) atoms. The largest absolute Gasteiger partial charge is 0.574 e. The highest BCUT2D eigenvalue weighted by atomic mass is 79.9. The number of halogens is 6. The van der Waals surface area contributed by atoms with Gasteiger partial charge >= 0.3 is 12.3 Å². The first-order valence-corrected chi connectivity index (χ1v) is 6.49. The molecule has 4 nitrogen and oxygen atoms in total. The Morgan fingerprint density at radius 3 is 2.48 bits per heavy atom. The van der Waals surface area contributed by atoms with Crippen LogP contribution in [0.3, 0.4) is 0 Å². The van der Waals surface area contributed by atoms with Gasteiger partial charge in [-0.2, -0.15) is 0 Å². The van der Waals surface area contributed by atoms with Crippen molar-refractivity contribution < 1.29 is 36.2 Å². The van der Waals surface area contributed by atoms with Crippen molar-refractivity contribution in [3.63, 3.8) is 0 Å². The number of pyridine rings is 1. The molecular formula is C11H9BrF5NO3. The van der Waals surface area contributed by atoms with Crippen molar-refractivity contribution in [3.8, 4) is 5.88 Å². The van der Waals surface area contributed by atoms with Crippen LogP contribution in [0, 0.1) is 0 Å². The minimum Gasteiger partial charge on any atom is -0.469 e. The van der Waals surface area contributed by atoms with E-state index in [0.29, 0.717) is 0 Å². The Bertz CT molecular complexity index is 521. The maximum absolute atomic E-state index is 13.1. The van der Waals surface area contributed by atoms with Gasteiger partial charge in [0.25, 0.3) is 6.43 Å². The topological polar surface area (TPSA) is 48.4 Å². The van der Waals surface area contributed by atoms with Gasteiger partial charge in [-0.05, 0) is 5.56 Å². The monoisotopic (exact) mass is 377 g/mol. The summed E-state index contributed by atoms with van der Waals surface area (Å²) in [5, 5.41) is -0.0693. The predicted octanol–water partition coefficient (Wildman–Crippen LogP) is 3.53. The zero-order chi connectivity index (χ0) is 16.2. The second-order valence-corrected chi connectivity index (χ2v) is 4.28. The molecule has 10 heteroatoms. The number of ether oxygens (including phenoxy) is 2. The first-order chi connectivity index (χ1) is 9.69. The van der Waals surface area contributed by atoms with Crippen LogP contribution in [0.4, 0.5) is 22.0 Å². The van der Waals surface area contributed by atoms with E-state index < -0.39 is 42.2 Å². The Morgan fingerprint density at radius 2 is 2.05 bits per heavy atom. The van der Waals surface area contributed by atoms with E-state index in [0.717, 1.165) is 13.3 Å². The number of esters is 1. The molecule has 0 aliphatic rings. The number of carbonyl (C=O) groups is 1. The van der Waals surface area contributed by atoms with Gasteiger partial charge in [0.2, 0.25) is 5.88 Å². The van der Waals surface area contributed by atoms with E-state index in [9.17, 15) is 26.7 Å². The van der Waals surface area contributed by atoms with Crippen LogP contribution in [-0.2, 0) is 21.3 Å². The van der Waals surface area contributed by atoms with Crippen LogP contribution < -0.4 is 4.74 Å². The molecule has 0 saturated carbocycles. The van der Waals surface area contributed by atoms with Gasteiger partial charge in [0.05, 0.1) is 13.5 Å². The van der Waals surface area contributed by atoms with E-state index in [1.807, 2.05) is 0 Å². The molecule has 0 saturated heterocycles. The van der Waals surface area contributed by atoms with Crippen LogP contribution in [0.25, 0.3) is 0 Å². The van der Waals surface area contributed by atoms with Crippen molar-refractivity contribution in [1.82, 2.24) is 4.98 Å². The minimum absolute atomic E-state index is 0.0431. The molecule has 1 aromatic heterocycles. The number of methoxy groups -OCH3 is 1. The van der Waals surface area contributed by atoms with Crippen molar-refractivity contribution in [1.29, 1.82) is 0 Å². The van der Waals surface area contributed by atoms with Gasteiger partial charge in [-0.3, -0.25) is 4.79 Å². The van der Waals surface area contributed by atoms with Crippen LogP contribution in [0.1, 0.15) is 23.1 Å². The van der Waals surface area contributed by atoms with Gasteiger partial charge in [0.1, 0.15) is 0 Å². The lowest BCUT2D eigenvalue weighted by atomic mass is 10.0. The van der Waals surface area contributed by atoms with E-state index in [1.54, 1.807) is 0 Å². The second kappa shape index (κ2) is 7.01. The Kier molecular flexibility index (Phi) is 5.87.